The average Bonchev–Trinajstić information content (AvgIpc) is 1.85. The van der Waals surface area contributed by atoms with Crippen LogP contribution in [0.15, 0.2) is 5.10 Å². The van der Waals surface area contributed by atoms with Gasteiger partial charge in [-0.25, -0.2) is 0 Å². The van der Waals surface area contributed by atoms with Crippen molar-refractivity contribution in [3.05, 3.63) is 0 Å². The number of nitrogens with zero attached hydrogens (tertiary/aromatic N) is 2. The Morgan fingerprint density at radius 1 is 1.60 bits per heavy atom. The zero-order valence-electron chi connectivity index (χ0n) is 6.07. The van der Waals surface area contributed by atoms with Crippen LogP contribution in [-0.2, 0) is 0 Å². The van der Waals surface area contributed by atoms with Crippen LogP contribution in [0.25, 0.3) is 0 Å². The lowest BCUT2D eigenvalue weighted by Gasteiger charge is -2.03. The molecule has 0 spiro atoms. The third kappa shape index (κ3) is 2.62. The minimum atomic E-state index is 0. The second kappa shape index (κ2) is 4.63. The quantitative estimate of drug-likeness (QED) is 0.604. The van der Waals surface area contributed by atoms with Gasteiger partial charge in [-0.1, -0.05) is 6.92 Å². The van der Waals surface area contributed by atoms with Crippen LogP contribution in [0.1, 0.15) is 6.92 Å². The maximum atomic E-state index is 5.48. The highest BCUT2D eigenvalue weighted by molar-refractivity contribution is 5.85. The zero-order chi connectivity index (χ0) is 6.15. The van der Waals surface area contributed by atoms with E-state index in [-0.39, 0.29) is 24.8 Å². The highest BCUT2D eigenvalue weighted by atomic mass is 35.5. The number of amidine groups is 1. The Kier molecular flexibility index (Phi) is 5.80. The van der Waals surface area contributed by atoms with Gasteiger partial charge in [-0.05, 0) is 0 Å². The molecular weight excluding hydrogens is 173 g/mol. The maximum absolute atomic E-state index is 5.48. The van der Waals surface area contributed by atoms with E-state index in [9.17, 15) is 0 Å². The van der Waals surface area contributed by atoms with Gasteiger partial charge in [0, 0.05) is 19.5 Å². The van der Waals surface area contributed by atoms with E-state index in [1.54, 1.807) is 0 Å². The van der Waals surface area contributed by atoms with Gasteiger partial charge in [-0.2, -0.15) is 5.10 Å². The Morgan fingerprint density at radius 3 is 2.20 bits per heavy atom. The van der Waals surface area contributed by atoms with E-state index in [1.807, 2.05) is 12.1 Å². The molecule has 1 aliphatic heterocycles. The molecule has 0 radical (unpaired) electrons. The average molecular weight is 186 g/mol. The van der Waals surface area contributed by atoms with Crippen LogP contribution in [0.5, 0.6) is 0 Å². The first-order chi connectivity index (χ1) is 3.70. The molecule has 0 saturated heterocycles. The van der Waals surface area contributed by atoms with Crippen LogP contribution in [-0.4, -0.2) is 24.4 Å². The maximum Gasteiger partial charge on any atom is 0.124 e. The predicted molar refractivity (Wildman–Crippen MR) is 47.9 cm³/mol. The number of hydrogen-bond donors (Lipinski definition) is 1. The highest BCUT2D eigenvalue weighted by Crippen LogP contribution is 2.05. The largest absolute Gasteiger partial charge is 0.385 e. The summed E-state index contributed by atoms with van der Waals surface area (Å²) in [6.07, 6.45) is 0. The molecule has 1 aliphatic rings. The molecule has 5 heteroatoms. The third-order valence-corrected chi connectivity index (χ3v) is 1.33. The number of rotatable bonds is 0. The Bertz CT molecular complexity index is 126. The molecule has 0 amide bonds. The lowest BCUT2D eigenvalue weighted by Crippen LogP contribution is -2.19. The fourth-order valence-electron chi connectivity index (χ4n) is 0.826. The van der Waals surface area contributed by atoms with Gasteiger partial charge in [0.2, 0.25) is 0 Å². The van der Waals surface area contributed by atoms with Crippen molar-refractivity contribution in [1.82, 2.24) is 5.01 Å². The van der Waals surface area contributed by atoms with Crippen LogP contribution >= 0.6 is 24.8 Å². The predicted octanol–water partition coefficient (Wildman–Crippen LogP) is 0.684. The molecule has 1 rings (SSSR count). The number of hydrogen-bond acceptors (Lipinski definition) is 3. The molecule has 1 heterocycles. The normalized spacial score (nSPS) is 22.8. The first kappa shape index (κ1) is 12.5. The van der Waals surface area contributed by atoms with Gasteiger partial charge < -0.3 is 5.73 Å². The van der Waals surface area contributed by atoms with Crippen molar-refractivity contribution < 1.29 is 0 Å². The fourth-order valence-corrected chi connectivity index (χ4v) is 0.826. The van der Waals surface area contributed by atoms with E-state index < -0.39 is 0 Å². The molecular formula is C5H13Cl2N3. The van der Waals surface area contributed by atoms with Crippen molar-refractivity contribution >= 4 is 30.6 Å². The number of nitrogens with two attached hydrogens (primary N) is 1. The smallest absolute Gasteiger partial charge is 0.124 e. The Hall–Kier alpha value is -0.150. The van der Waals surface area contributed by atoms with Gasteiger partial charge in [0.25, 0.3) is 0 Å². The van der Waals surface area contributed by atoms with Crippen molar-refractivity contribution in [2.45, 2.75) is 6.92 Å². The molecule has 2 N–H and O–H groups in total. The second-order valence-electron chi connectivity index (χ2n) is 2.27. The molecule has 0 aliphatic carbocycles. The molecule has 0 aromatic rings. The summed E-state index contributed by atoms with van der Waals surface area (Å²) in [5.74, 6) is 1.20. The van der Waals surface area contributed by atoms with Gasteiger partial charge in [-0.3, -0.25) is 5.01 Å². The fraction of sp³-hybridized carbons (Fsp3) is 0.800. The van der Waals surface area contributed by atoms with E-state index in [4.69, 9.17) is 5.73 Å². The SMILES string of the molecule is CC1CN(C)N=C1N.Cl.Cl. The summed E-state index contributed by atoms with van der Waals surface area (Å²) in [6.45, 7) is 3.04. The lowest BCUT2D eigenvalue weighted by atomic mass is 10.2. The van der Waals surface area contributed by atoms with Crippen LogP contribution in [0.3, 0.4) is 0 Å². The molecule has 0 saturated carbocycles. The first-order valence-corrected chi connectivity index (χ1v) is 2.75. The molecule has 0 bridgehead atoms. The minimum Gasteiger partial charge on any atom is -0.385 e. The van der Waals surface area contributed by atoms with Gasteiger partial charge in [0.1, 0.15) is 5.84 Å². The number of hydrazone groups is 1. The summed E-state index contributed by atoms with van der Waals surface area (Å²) in [5.41, 5.74) is 5.48. The van der Waals surface area contributed by atoms with Gasteiger partial charge in [-0.15, -0.1) is 24.8 Å². The molecule has 1 atom stereocenters. The Labute approximate surface area is 73.5 Å². The van der Waals surface area contributed by atoms with Crippen molar-refractivity contribution in [3.63, 3.8) is 0 Å². The van der Waals surface area contributed by atoms with E-state index >= 15 is 0 Å². The monoisotopic (exact) mass is 185 g/mol. The van der Waals surface area contributed by atoms with Gasteiger partial charge >= 0.3 is 0 Å². The summed E-state index contributed by atoms with van der Waals surface area (Å²) in [4.78, 5) is 0. The number of halogens is 2. The summed E-state index contributed by atoms with van der Waals surface area (Å²) in [7, 11) is 1.93. The van der Waals surface area contributed by atoms with Crippen LogP contribution < -0.4 is 5.73 Å². The van der Waals surface area contributed by atoms with Crippen molar-refractivity contribution in [2.75, 3.05) is 13.6 Å². The van der Waals surface area contributed by atoms with Crippen LogP contribution in [0.4, 0.5) is 0 Å². The lowest BCUT2D eigenvalue weighted by molar-refractivity contribution is 0.368. The third-order valence-electron chi connectivity index (χ3n) is 1.33. The van der Waals surface area contributed by atoms with Gasteiger partial charge in [0.15, 0.2) is 0 Å². The van der Waals surface area contributed by atoms with E-state index in [2.05, 4.69) is 12.0 Å². The summed E-state index contributed by atoms with van der Waals surface area (Å²) in [6, 6.07) is 0. The van der Waals surface area contributed by atoms with E-state index in [0.717, 1.165) is 12.4 Å². The van der Waals surface area contributed by atoms with Crippen LogP contribution in [0.2, 0.25) is 0 Å². The zero-order valence-corrected chi connectivity index (χ0v) is 7.71. The molecule has 1 unspecified atom stereocenters. The summed E-state index contributed by atoms with van der Waals surface area (Å²) in [5, 5.41) is 5.86. The van der Waals surface area contributed by atoms with E-state index in [0.29, 0.717) is 5.92 Å². The van der Waals surface area contributed by atoms with Crippen molar-refractivity contribution in [3.8, 4) is 0 Å². The summed E-state index contributed by atoms with van der Waals surface area (Å²) >= 11 is 0. The topological polar surface area (TPSA) is 41.6 Å². The molecule has 10 heavy (non-hydrogen) atoms. The van der Waals surface area contributed by atoms with Crippen molar-refractivity contribution in [2.24, 2.45) is 16.8 Å². The molecule has 0 aromatic heterocycles. The van der Waals surface area contributed by atoms with Crippen LogP contribution in [0, 0.1) is 5.92 Å². The minimum absolute atomic E-state index is 0. The van der Waals surface area contributed by atoms with E-state index in [1.165, 1.54) is 0 Å². The molecule has 3 nitrogen and oxygen atoms in total. The first-order valence-electron chi connectivity index (χ1n) is 2.75. The Balaban J connectivity index is 0. The van der Waals surface area contributed by atoms with Crippen molar-refractivity contribution in [1.29, 1.82) is 0 Å². The summed E-state index contributed by atoms with van der Waals surface area (Å²) < 4.78 is 0. The molecule has 62 valence electrons. The highest BCUT2D eigenvalue weighted by Gasteiger charge is 2.15. The molecule has 0 fully saturated rings. The standard InChI is InChI=1S/C5H11N3.2ClH/c1-4-3-8(2)7-5(4)6;;/h4H,3H2,1-2H3,(H2,6,7);2*1H. The molecule has 0 aromatic carbocycles. The Morgan fingerprint density at radius 2 is 2.10 bits per heavy atom. The van der Waals surface area contributed by atoms with Gasteiger partial charge in [0.05, 0.1) is 0 Å². The second-order valence-corrected chi connectivity index (χ2v) is 2.27.